The van der Waals surface area contributed by atoms with Crippen molar-refractivity contribution in [2.24, 2.45) is 5.73 Å². The molecular weight excluding hydrogens is 256 g/mol. The lowest BCUT2D eigenvalue weighted by Crippen LogP contribution is -2.42. The van der Waals surface area contributed by atoms with Gasteiger partial charge in [0, 0.05) is 18.7 Å². The minimum absolute atomic E-state index is 0.163. The summed E-state index contributed by atoms with van der Waals surface area (Å²) in [6, 6.07) is 12.2. The summed E-state index contributed by atoms with van der Waals surface area (Å²) in [5, 5.41) is 8.71. The Morgan fingerprint density at radius 2 is 2.00 bits per heavy atom. The maximum atomic E-state index is 12.0. The molecule has 0 radical (unpaired) electrons. The van der Waals surface area contributed by atoms with Crippen molar-refractivity contribution in [3.63, 3.8) is 0 Å². The van der Waals surface area contributed by atoms with Gasteiger partial charge in [0.1, 0.15) is 5.69 Å². The molecule has 2 aromatic rings. The lowest BCUT2D eigenvalue weighted by molar-refractivity contribution is 0.0932. The van der Waals surface area contributed by atoms with E-state index in [-0.39, 0.29) is 23.2 Å². The molecule has 1 aromatic carbocycles. The van der Waals surface area contributed by atoms with Crippen molar-refractivity contribution in [3.8, 4) is 0 Å². The molecule has 4 N–H and O–H groups in total. The predicted molar refractivity (Wildman–Crippen MR) is 75.3 cm³/mol. The summed E-state index contributed by atoms with van der Waals surface area (Å²) in [7, 11) is 0. The zero-order chi connectivity index (χ0) is 14.4. The number of hydrogen-bond donors (Lipinski definition) is 3. The second-order valence-corrected chi connectivity index (χ2v) is 4.40. The highest BCUT2D eigenvalue weighted by molar-refractivity contribution is 5.92. The molecule has 0 aliphatic rings. The quantitative estimate of drug-likeness (QED) is 0.717. The zero-order valence-electron chi connectivity index (χ0n) is 10.9. The van der Waals surface area contributed by atoms with Crippen LogP contribution in [0.5, 0.6) is 0 Å². The molecule has 0 spiro atoms. The highest BCUT2D eigenvalue weighted by atomic mass is 16.2. The highest BCUT2D eigenvalue weighted by Gasteiger charge is 2.14. The molecule has 104 valence electrons. The first-order chi connectivity index (χ1) is 9.69. The molecule has 1 amide bonds. The Hall–Kier alpha value is -2.47. The van der Waals surface area contributed by atoms with Gasteiger partial charge in [0.15, 0.2) is 0 Å². The number of nitrogens with one attached hydrogen (secondary N) is 2. The maximum absolute atomic E-state index is 12.0. The van der Waals surface area contributed by atoms with Crippen LogP contribution in [0, 0.1) is 0 Å². The van der Waals surface area contributed by atoms with Crippen molar-refractivity contribution in [2.45, 2.75) is 12.5 Å². The molecule has 6 nitrogen and oxygen atoms in total. The highest BCUT2D eigenvalue weighted by Crippen LogP contribution is 2.03. The van der Waals surface area contributed by atoms with Gasteiger partial charge in [-0.2, -0.15) is 5.10 Å². The van der Waals surface area contributed by atoms with Gasteiger partial charge in [-0.25, -0.2) is 5.10 Å². The van der Waals surface area contributed by atoms with Crippen LogP contribution in [0.1, 0.15) is 16.1 Å². The predicted octanol–water partition coefficient (Wildman–Crippen LogP) is 0.0697. The van der Waals surface area contributed by atoms with Crippen LogP contribution < -0.4 is 16.6 Å². The number of benzene rings is 1. The molecule has 0 fully saturated rings. The number of aromatic amines is 1. The number of rotatable bonds is 5. The van der Waals surface area contributed by atoms with Crippen molar-refractivity contribution >= 4 is 5.91 Å². The molecule has 2 rings (SSSR count). The van der Waals surface area contributed by atoms with Gasteiger partial charge in [-0.15, -0.1) is 0 Å². The van der Waals surface area contributed by atoms with E-state index in [1.54, 1.807) is 0 Å². The molecule has 1 atom stereocenters. The standard InChI is InChI=1S/C14H16N4O2/c15-9-11(8-10-4-2-1-3-5-10)16-14(20)12-6-7-13(19)18-17-12/h1-7,11H,8-9,15H2,(H,16,20)(H,18,19). The first-order valence-electron chi connectivity index (χ1n) is 6.29. The minimum atomic E-state index is -0.354. The van der Waals surface area contributed by atoms with Crippen LogP contribution in [0.15, 0.2) is 47.3 Å². The molecule has 1 aromatic heterocycles. The molecule has 1 heterocycles. The van der Waals surface area contributed by atoms with E-state index in [0.717, 1.165) is 5.56 Å². The van der Waals surface area contributed by atoms with Crippen LogP contribution in [0.3, 0.4) is 0 Å². The largest absolute Gasteiger partial charge is 0.346 e. The van der Waals surface area contributed by atoms with Crippen molar-refractivity contribution in [2.75, 3.05) is 6.54 Å². The lowest BCUT2D eigenvalue weighted by Gasteiger charge is -2.16. The topological polar surface area (TPSA) is 101 Å². The Morgan fingerprint density at radius 3 is 2.60 bits per heavy atom. The van der Waals surface area contributed by atoms with Crippen molar-refractivity contribution in [1.29, 1.82) is 0 Å². The summed E-state index contributed by atoms with van der Waals surface area (Å²) in [5.74, 6) is -0.354. The number of amides is 1. The molecule has 0 aliphatic carbocycles. The number of hydrogen-bond acceptors (Lipinski definition) is 4. The van der Waals surface area contributed by atoms with Crippen molar-refractivity contribution < 1.29 is 4.79 Å². The van der Waals surface area contributed by atoms with Gasteiger partial charge in [-0.05, 0) is 18.1 Å². The van der Waals surface area contributed by atoms with Crippen LogP contribution >= 0.6 is 0 Å². The number of nitrogens with zero attached hydrogens (tertiary/aromatic N) is 1. The number of H-pyrrole nitrogens is 1. The summed E-state index contributed by atoms with van der Waals surface area (Å²) >= 11 is 0. The second-order valence-electron chi connectivity index (χ2n) is 4.40. The van der Waals surface area contributed by atoms with Crippen molar-refractivity contribution in [1.82, 2.24) is 15.5 Å². The van der Waals surface area contributed by atoms with E-state index in [1.807, 2.05) is 30.3 Å². The number of nitrogens with two attached hydrogens (primary N) is 1. The van der Waals surface area contributed by atoms with Gasteiger partial charge >= 0.3 is 0 Å². The Kier molecular flexibility index (Phi) is 4.62. The average molecular weight is 272 g/mol. The Labute approximate surface area is 116 Å². The molecule has 6 heteroatoms. The van der Waals surface area contributed by atoms with E-state index < -0.39 is 0 Å². The summed E-state index contributed by atoms with van der Waals surface area (Å²) < 4.78 is 0. The van der Waals surface area contributed by atoms with Crippen molar-refractivity contribution in [3.05, 3.63) is 64.1 Å². The minimum Gasteiger partial charge on any atom is -0.346 e. The smallest absolute Gasteiger partial charge is 0.271 e. The monoisotopic (exact) mass is 272 g/mol. The van der Waals surface area contributed by atoms with Gasteiger partial charge in [0.05, 0.1) is 0 Å². The second kappa shape index (κ2) is 6.63. The van der Waals surface area contributed by atoms with E-state index in [2.05, 4.69) is 15.5 Å². The SMILES string of the molecule is NCC(Cc1ccccc1)NC(=O)c1ccc(=O)[nH]n1. The number of carbonyl (C=O) groups is 1. The van der Waals surface area contributed by atoms with Gasteiger partial charge in [0.2, 0.25) is 0 Å². The van der Waals surface area contributed by atoms with Crippen LogP contribution in [-0.2, 0) is 6.42 Å². The fraction of sp³-hybridized carbons (Fsp3) is 0.214. The number of carbonyl (C=O) groups excluding carboxylic acids is 1. The van der Waals surface area contributed by atoms with Gasteiger partial charge in [0.25, 0.3) is 11.5 Å². The van der Waals surface area contributed by atoms with Crippen LogP contribution in [0.25, 0.3) is 0 Å². The molecule has 0 bridgehead atoms. The van der Waals surface area contributed by atoms with E-state index in [1.165, 1.54) is 12.1 Å². The van der Waals surface area contributed by atoms with E-state index in [0.29, 0.717) is 13.0 Å². The number of aromatic nitrogens is 2. The van der Waals surface area contributed by atoms with E-state index in [9.17, 15) is 9.59 Å². The molecular formula is C14H16N4O2. The van der Waals surface area contributed by atoms with Crippen LogP contribution in [0.2, 0.25) is 0 Å². The third kappa shape index (κ3) is 3.76. The first kappa shape index (κ1) is 14.0. The molecule has 0 saturated heterocycles. The first-order valence-corrected chi connectivity index (χ1v) is 6.29. The summed E-state index contributed by atoms with van der Waals surface area (Å²) in [4.78, 5) is 22.9. The molecule has 0 saturated carbocycles. The Bertz CT molecular complexity index is 604. The summed E-state index contributed by atoms with van der Waals surface area (Å²) in [6.07, 6.45) is 0.645. The summed E-state index contributed by atoms with van der Waals surface area (Å²) in [5.41, 5.74) is 6.59. The van der Waals surface area contributed by atoms with Gasteiger partial charge in [-0.1, -0.05) is 30.3 Å². The van der Waals surface area contributed by atoms with Gasteiger partial charge in [-0.3, -0.25) is 9.59 Å². The fourth-order valence-corrected chi connectivity index (χ4v) is 1.82. The molecule has 1 unspecified atom stereocenters. The molecule has 20 heavy (non-hydrogen) atoms. The Morgan fingerprint density at radius 1 is 1.25 bits per heavy atom. The van der Waals surface area contributed by atoms with Gasteiger partial charge < -0.3 is 11.1 Å². The third-order valence-corrected chi connectivity index (χ3v) is 2.86. The normalized spacial score (nSPS) is 11.8. The lowest BCUT2D eigenvalue weighted by atomic mass is 10.1. The Balaban J connectivity index is 2.01. The van der Waals surface area contributed by atoms with Crippen LogP contribution in [-0.4, -0.2) is 28.7 Å². The summed E-state index contributed by atoms with van der Waals surface area (Å²) in [6.45, 7) is 0.323. The fourth-order valence-electron chi connectivity index (χ4n) is 1.82. The van der Waals surface area contributed by atoms with E-state index >= 15 is 0 Å². The van der Waals surface area contributed by atoms with Crippen LogP contribution in [0.4, 0.5) is 0 Å². The van der Waals surface area contributed by atoms with E-state index in [4.69, 9.17) is 5.73 Å². The third-order valence-electron chi connectivity index (χ3n) is 2.86. The molecule has 0 aliphatic heterocycles. The average Bonchev–Trinajstić information content (AvgIpc) is 2.48. The zero-order valence-corrected chi connectivity index (χ0v) is 10.9. The maximum Gasteiger partial charge on any atom is 0.271 e.